The molecule has 0 fully saturated rings. The summed E-state index contributed by atoms with van der Waals surface area (Å²) in [4.78, 5) is 14.5. The maximum atomic E-state index is 10.6. The van der Waals surface area contributed by atoms with Crippen molar-refractivity contribution in [1.29, 1.82) is 0 Å². The van der Waals surface area contributed by atoms with Gasteiger partial charge in [-0.2, -0.15) is 4.98 Å². The summed E-state index contributed by atoms with van der Waals surface area (Å²) < 4.78 is 2.53. The van der Waals surface area contributed by atoms with Gasteiger partial charge in [0.05, 0.1) is 9.40 Å². The molecule has 0 spiro atoms. The second-order valence-electron chi connectivity index (χ2n) is 4.34. The van der Waals surface area contributed by atoms with Crippen LogP contribution in [0.2, 0.25) is 0 Å². The number of aromatic nitrogens is 3. The van der Waals surface area contributed by atoms with Crippen molar-refractivity contribution in [2.24, 2.45) is 0 Å². The Hall–Kier alpha value is -2.48. The molecule has 0 aliphatic heterocycles. The van der Waals surface area contributed by atoms with Gasteiger partial charge in [0.15, 0.2) is 5.65 Å². The third-order valence-corrected chi connectivity index (χ3v) is 3.53. The summed E-state index contributed by atoms with van der Waals surface area (Å²) in [6.45, 7) is 0.493. The van der Waals surface area contributed by atoms with E-state index in [9.17, 15) is 10.1 Å². The molecule has 0 aliphatic carbocycles. The predicted octanol–water partition coefficient (Wildman–Crippen LogP) is 3.01. The van der Waals surface area contributed by atoms with Gasteiger partial charge >= 0.3 is 0 Å². The quantitative estimate of drug-likeness (QED) is 0.579. The van der Waals surface area contributed by atoms with Gasteiger partial charge in [-0.05, 0) is 33.6 Å². The number of non-ortho nitro benzene ring substituents is 1. The first-order valence-electron chi connectivity index (χ1n) is 6.11. The Kier molecular flexibility index (Phi) is 3.53. The molecule has 0 bridgehead atoms. The standard InChI is InChI=1S/C13H10BrN5O2/c14-11-2-1-7-18-12(11)16-13(17-18)15-8-9-3-5-10(6-4-9)19(20)21/h1-7H,8H2,(H,15,17). The van der Waals surface area contributed by atoms with E-state index >= 15 is 0 Å². The molecule has 106 valence electrons. The van der Waals surface area contributed by atoms with E-state index in [1.165, 1.54) is 12.1 Å². The third kappa shape index (κ3) is 2.84. The first-order valence-corrected chi connectivity index (χ1v) is 6.91. The number of nitro groups is 1. The zero-order chi connectivity index (χ0) is 14.8. The van der Waals surface area contributed by atoms with E-state index in [4.69, 9.17) is 0 Å². The van der Waals surface area contributed by atoms with Crippen LogP contribution in [0.15, 0.2) is 47.1 Å². The number of hydrogen-bond donors (Lipinski definition) is 1. The summed E-state index contributed by atoms with van der Waals surface area (Å²) in [6, 6.07) is 10.1. The van der Waals surface area contributed by atoms with Crippen molar-refractivity contribution < 1.29 is 4.92 Å². The Morgan fingerprint density at radius 2 is 2.05 bits per heavy atom. The highest BCUT2D eigenvalue weighted by molar-refractivity contribution is 9.10. The number of nitrogens with zero attached hydrogens (tertiary/aromatic N) is 4. The van der Waals surface area contributed by atoms with Crippen molar-refractivity contribution in [3.63, 3.8) is 0 Å². The molecule has 0 saturated carbocycles. The molecule has 3 rings (SSSR count). The molecule has 0 radical (unpaired) electrons. The second kappa shape index (κ2) is 5.49. The first-order chi connectivity index (χ1) is 10.1. The van der Waals surface area contributed by atoms with Gasteiger partial charge in [-0.25, -0.2) is 4.52 Å². The Balaban J connectivity index is 1.74. The molecule has 2 aromatic heterocycles. The molecule has 2 heterocycles. The van der Waals surface area contributed by atoms with Crippen molar-refractivity contribution in [2.45, 2.75) is 6.54 Å². The van der Waals surface area contributed by atoms with Crippen molar-refractivity contribution in [1.82, 2.24) is 14.6 Å². The van der Waals surface area contributed by atoms with Gasteiger partial charge in [0.1, 0.15) is 0 Å². The minimum absolute atomic E-state index is 0.0773. The fourth-order valence-electron chi connectivity index (χ4n) is 1.87. The van der Waals surface area contributed by atoms with Gasteiger partial charge in [-0.15, -0.1) is 5.10 Å². The van der Waals surface area contributed by atoms with E-state index in [1.807, 2.05) is 18.3 Å². The minimum atomic E-state index is -0.418. The monoisotopic (exact) mass is 347 g/mol. The average Bonchev–Trinajstić information content (AvgIpc) is 2.90. The average molecular weight is 348 g/mol. The number of anilines is 1. The van der Waals surface area contributed by atoms with Crippen LogP contribution in [0.3, 0.4) is 0 Å². The number of halogens is 1. The van der Waals surface area contributed by atoms with Crippen LogP contribution in [0, 0.1) is 10.1 Å². The molecule has 0 atom stereocenters. The largest absolute Gasteiger partial charge is 0.349 e. The molecule has 0 unspecified atom stereocenters. The molecule has 21 heavy (non-hydrogen) atoms. The lowest BCUT2D eigenvalue weighted by molar-refractivity contribution is -0.384. The van der Waals surface area contributed by atoms with Crippen LogP contribution < -0.4 is 5.32 Å². The van der Waals surface area contributed by atoms with Gasteiger partial charge in [0, 0.05) is 24.9 Å². The van der Waals surface area contributed by atoms with Gasteiger partial charge < -0.3 is 5.32 Å². The van der Waals surface area contributed by atoms with Gasteiger partial charge in [-0.1, -0.05) is 12.1 Å². The van der Waals surface area contributed by atoms with Crippen molar-refractivity contribution in [3.8, 4) is 0 Å². The Morgan fingerprint density at radius 1 is 1.29 bits per heavy atom. The number of nitro benzene ring substituents is 1. The van der Waals surface area contributed by atoms with Crippen LogP contribution in [-0.2, 0) is 6.54 Å². The molecular formula is C13H10BrN5O2. The molecule has 0 amide bonds. The van der Waals surface area contributed by atoms with Gasteiger partial charge in [0.2, 0.25) is 5.95 Å². The summed E-state index contributed by atoms with van der Waals surface area (Å²) in [5.41, 5.74) is 1.72. The van der Waals surface area contributed by atoms with E-state index in [0.29, 0.717) is 12.5 Å². The fraction of sp³-hybridized carbons (Fsp3) is 0.0769. The first kappa shape index (κ1) is 13.5. The zero-order valence-electron chi connectivity index (χ0n) is 10.7. The maximum Gasteiger partial charge on any atom is 0.269 e. The van der Waals surface area contributed by atoms with Crippen LogP contribution in [0.5, 0.6) is 0 Å². The molecule has 7 nitrogen and oxygen atoms in total. The number of fused-ring (bicyclic) bond motifs is 1. The number of rotatable bonds is 4. The van der Waals surface area contributed by atoms with Crippen LogP contribution in [0.4, 0.5) is 11.6 Å². The van der Waals surface area contributed by atoms with Crippen molar-refractivity contribution in [2.75, 3.05) is 5.32 Å². The summed E-state index contributed by atoms with van der Waals surface area (Å²) in [5, 5.41) is 18.0. The Bertz CT molecular complexity index is 800. The highest BCUT2D eigenvalue weighted by Gasteiger charge is 2.07. The van der Waals surface area contributed by atoms with Gasteiger partial charge in [-0.3, -0.25) is 10.1 Å². The summed E-state index contributed by atoms with van der Waals surface area (Å²) in [5.74, 6) is 0.500. The normalized spacial score (nSPS) is 10.7. The predicted molar refractivity (Wildman–Crippen MR) is 81.1 cm³/mol. The third-order valence-electron chi connectivity index (χ3n) is 2.91. The maximum absolute atomic E-state index is 10.6. The Morgan fingerprint density at radius 3 is 2.71 bits per heavy atom. The molecule has 1 N–H and O–H groups in total. The lowest BCUT2D eigenvalue weighted by atomic mass is 10.2. The summed E-state index contributed by atoms with van der Waals surface area (Å²) in [7, 11) is 0. The van der Waals surface area contributed by atoms with Crippen LogP contribution in [0.1, 0.15) is 5.56 Å². The van der Waals surface area contributed by atoms with Crippen LogP contribution in [0.25, 0.3) is 5.65 Å². The van der Waals surface area contributed by atoms with E-state index in [1.54, 1.807) is 16.6 Å². The fourth-order valence-corrected chi connectivity index (χ4v) is 2.29. The topological polar surface area (TPSA) is 85.4 Å². The number of benzene rings is 1. The molecule has 8 heteroatoms. The van der Waals surface area contributed by atoms with E-state index in [2.05, 4.69) is 31.3 Å². The number of nitrogens with one attached hydrogen (secondary N) is 1. The second-order valence-corrected chi connectivity index (χ2v) is 5.19. The van der Waals surface area contributed by atoms with Gasteiger partial charge in [0.25, 0.3) is 5.69 Å². The van der Waals surface area contributed by atoms with E-state index in [0.717, 1.165) is 15.7 Å². The highest BCUT2D eigenvalue weighted by Crippen LogP contribution is 2.17. The molecule has 0 saturated heterocycles. The zero-order valence-corrected chi connectivity index (χ0v) is 12.3. The molecule has 3 aromatic rings. The van der Waals surface area contributed by atoms with Crippen molar-refractivity contribution >= 4 is 33.2 Å². The van der Waals surface area contributed by atoms with Crippen LogP contribution >= 0.6 is 15.9 Å². The highest BCUT2D eigenvalue weighted by atomic mass is 79.9. The summed E-state index contributed by atoms with van der Waals surface area (Å²) in [6.07, 6.45) is 1.81. The number of pyridine rings is 1. The van der Waals surface area contributed by atoms with E-state index < -0.39 is 4.92 Å². The minimum Gasteiger partial charge on any atom is -0.349 e. The molecule has 0 aliphatic rings. The number of hydrogen-bond acceptors (Lipinski definition) is 5. The van der Waals surface area contributed by atoms with E-state index in [-0.39, 0.29) is 5.69 Å². The van der Waals surface area contributed by atoms with Crippen molar-refractivity contribution in [3.05, 3.63) is 62.7 Å². The lowest BCUT2D eigenvalue weighted by Crippen LogP contribution is -2.01. The lowest BCUT2D eigenvalue weighted by Gasteiger charge is -2.01. The Labute approximate surface area is 127 Å². The summed E-state index contributed by atoms with van der Waals surface area (Å²) >= 11 is 3.41. The SMILES string of the molecule is O=[N+]([O-])c1ccc(CNc2nc3c(Br)cccn3n2)cc1. The smallest absolute Gasteiger partial charge is 0.269 e. The molecule has 1 aromatic carbocycles. The molecular weight excluding hydrogens is 338 g/mol. The van der Waals surface area contributed by atoms with Crippen LogP contribution in [-0.4, -0.2) is 19.5 Å².